The first kappa shape index (κ1) is 24.7. The molecule has 0 saturated carbocycles. The summed E-state index contributed by atoms with van der Waals surface area (Å²) in [6, 6.07) is 4.93. The molecule has 10 nitrogen and oxygen atoms in total. The van der Waals surface area contributed by atoms with E-state index < -0.39 is 29.9 Å². The first-order chi connectivity index (χ1) is 15.2. The fraction of sp³-hybridized carbons (Fsp3) is 0.455. The molecule has 1 aliphatic rings. The molecule has 2 atom stereocenters. The second-order valence-corrected chi connectivity index (χ2v) is 7.78. The largest absolute Gasteiger partial charge is 0.497 e. The topological polar surface area (TPSA) is 143 Å². The van der Waals surface area contributed by atoms with Crippen LogP contribution in [0.1, 0.15) is 33.1 Å². The van der Waals surface area contributed by atoms with Crippen LogP contribution in [-0.4, -0.2) is 60.9 Å². The number of hydrogen-bond acceptors (Lipinski definition) is 5. The molecular formula is C22H31N5O5. The number of hydrogen-bond donors (Lipinski definition) is 4. The van der Waals surface area contributed by atoms with E-state index in [2.05, 4.69) is 16.0 Å². The Hall–Kier alpha value is -3.56. The van der Waals surface area contributed by atoms with Gasteiger partial charge in [-0.05, 0) is 38.8 Å². The van der Waals surface area contributed by atoms with Gasteiger partial charge in [-0.15, -0.1) is 0 Å². The number of rotatable bonds is 9. The summed E-state index contributed by atoms with van der Waals surface area (Å²) in [4.78, 5) is 50.5. The molecule has 1 aromatic carbocycles. The van der Waals surface area contributed by atoms with Crippen molar-refractivity contribution in [3.05, 3.63) is 35.9 Å². The van der Waals surface area contributed by atoms with Gasteiger partial charge in [-0.3, -0.25) is 14.4 Å². The molecule has 0 radical (unpaired) electrons. The average molecular weight is 446 g/mol. The summed E-state index contributed by atoms with van der Waals surface area (Å²) < 4.78 is 5.15. The van der Waals surface area contributed by atoms with Crippen LogP contribution in [0.15, 0.2) is 35.9 Å². The van der Waals surface area contributed by atoms with Crippen LogP contribution >= 0.6 is 0 Å². The smallest absolute Gasteiger partial charge is 0.319 e. The Balaban J connectivity index is 2.09. The maximum atomic E-state index is 12.9. The second-order valence-electron chi connectivity index (χ2n) is 7.78. The normalized spacial score (nSPS) is 17.3. The van der Waals surface area contributed by atoms with E-state index in [1.807, 2.05) is 0 Å². The molecule has 0 aliphatic carbocycles. The first-order valence-electron chi connectivity index (χ1n) is 10.4. The summed E-state index contributed by atoms with van der Waals surface area (Å²) in [6.45, 7) is 4.16. The monoisotopic (exact) mass is 445 g/mol. The van der Waals surface area contributed by atoms with Crippen LogP contribution in [0, 0.1) is 0 Å². The van der Waals surface area contributed by atoms with E-state index in [0.29, 0.717) is 30.8 Å². The van der Waals surface area contributed by atoms with Crippen molar-refractivity contribution in [2.24, 2.45) is 5.73 Å². The van der Waals surface area contributed by atoms with Gasteiger partial charge in [0.05, 0.1) is 13.2 Å². The number of primary amides is 1. The van der Waals surface area contributed by atoms with Crippen molar-refractivity contribution in [3.8, 4) is 5.75 Å². The summed E-state index contributed by atoms with van der Waals surface area (Å²) >= 11 is 0. The van der Waals surface area contributed by atoms with Crippen molar-refractivity contribution in [3.63, 3.8) is 0 Å². The van der Waals surface area contributed by atoms with E-state index in [1.54, 1.807) is 38.1 Å². The maximum absolute atomic E-state index is 12.9. The minimum Gasteiger partial charge on any atom is -0.497 e. The molecule has 1 saturated heterocycles. The standard InChI is InChI=1S/C22H31N5O5/c1-14(2)12-19(29)27-11-9-17(20(27)21(30)24-10-5-8-18(23)28)26-22(31)25-15-6-4-7-16(13-15)32-3/h4,6-7,12-13,17,20H,5,8-11H2,1-3H3,(H2,23,28)(H,24,30)(H2,25,26,31). The molecule has 1 aliphatic heterocycles. The molecule has 2 rings (SSSR count). The highest BCUT2D eigenvalue weighted by atomic mass is 16.5. The Labute approximate surface area is 187 Å². The Bertz CT molecular complexity index is 881. The van der Waals surface area contributed by atoms with Gasteiger partial charge in [0.1, 0.15) is 11.8 Å². The zero-order chi connectivity index (χ0) is 23.7. The lowest BCUT2D eigenvalue weighted by atomic mass is 10.1. The van der Waals surface area contributed by atoms with Crippen molar-refractivity contribution in [1.29, 1.82) is 0 Å². The van der Waals surface area contributed by atoms with Gasteiger partial charge < -0.3 is 31.3 Å². The lowest BCUT2D eigenvalue weighted by Gasteiger charge is -2.27. The molecule has 10 heteroatoms. The highest BCUT2D eigenvalue weighted by Crippen LogP contribution is 2.21. The van der Waals surface area contributed by atoms with Crippen LogP contribution in [0.5, 0.6) is 5.75 Å². The number of likely N-dealkylation sites (tertiary alicyclic amines) is 1. The molecule has 5 N–H and O–H groups in total. The van der Waals surface area contributed by atoms with Crippen LogP contribution in [0.25, 0.3) is 0 Å². The summed E-state index contributed by atoms with van der Waals surface area (Å²) in [5.74, 6) is -0.543. The summed E-state index contributed by atoms with van der Waals surface area (Å²) in [5, 5.41) is 8.25. The van der Waals surface area contributed by atoms with Gasteiger partial charge in [0, 0.05) is 37.3 Å². The number of benzene rings is 1. The van der Waals surface area contributed by atoms with Crippen LogP contribution < -0.4 is 26.4 Å². The van der Waals surface area contributed by atoms with E-state index >= 15 is 0 Å². The van der Waals surface area contributed by atoms with E-state index in [1.165, 1.54) is 18.1 Å². The Morgan fingerprint density at radius 1 is 1.25 bits per heavy atom. The molecular weight excluding hydrogens is 414 g/mol. The number of ether oxygens (including phenoxy) is 1. The van der Waals surface area contributed by atoms with Crippen LogP contribution in [0.4, 0.5) is 10.5 Å². The van der Waals surface area contributed by atoms with E-state index in [-0.39, 0.29) is 18.9 Å². The van der Waals surface area contributed by atoms with Gasteiger partial charge in [0.15, 0.2) is 0 Å². The van der Waals surface area contributed by atoms with E-state index in [9.17, 15) is 19.2 Å². The molecule has 1 fully saturated rings. The number of urea groups is 1. The van der Waals surface area contributed by atoms with Crippen LogP contribution in [0.2, 0.25) is 0 Å². The number of carbonyl (C=O) groups excluding carboxylic acids is 4. The highest BCUT2D eigenvalue weighted by molar-refractivity contribution is 5.95. The van der Waals surface area contributed by atoms with Crippen molar-refractivity contribution in [1.82, 2.24) is 15.5 Å². The third-order valence-electron chi connectivity index (χ3n) is 4.91. The summed E-state index contributed by atoms with van der Waals surface area (Å²) in [5.41, 5.74) is 6.47. The third kappa shape index (κ3) is 7.29. The predicted molar refractivity (Wildman–Crippen MR) is 120 cm³/mol. The fourth-order valence-corrected chi connectivity index (χ4v) is 3.46. The number of amides is 5. The summed E-state index contributed by atoms with van der Waals surface area (Å²) in [7, 11) is 1.53. The number of carbonyl (C=O) groups is 4. The molecule has 2 unspecified atom stereocenters. The van der Waals surface area contributed by atoms with Crippen molar-refractivity contribution in [2.45, 2.75) is 45.2 Å². The van der Waals surface area contributed by atoms with Gasteiger partial charge >= 0.3 is 6.03 Å². The quantitative estimate of drug-likeness (QED) is 0.333. The van der Waals surface area contributed by atoms with Crippen molar-refractivity contribution >= 4 is 29.4 Å². The SMILES string of the molecule is COc1cccc(NC(=O)NC2CCN(C(=O)C=C(C)C)C2C(=O)NCCCC(N)=O)c1. The molecule has 0 aromatic heterocycles. The van der Waals surface area contributed by atoms with Gasteiger partial charge in [-0.25, -0.2) is 4.79 Å². The number of nitrogens with two attached hydrogens (primary N) is 1. The second kappa shape index (κ2) is 11.7. The number of methoxy groups -OCH3 is 1. The lowest BCUT2D eigenvalue weighted by molar-refractivity contribution is -0.135. The molecule has 1 aromatic rings. The zero-order valence-corrected chi connectivity index (χ0v) is 18.6. The van der Waals surface area contributed by atoms with Crippen molar-refractivity contribution in [2.75, 3.05) is 25.5 Å². The van der Waals surface area contributed by atoms with Gasteiger partial charge in [0.2, 0.25) is 17.7 Å². The number of allylic oxidation sites excluding steroid dienone is 1. The van der Waals surface area contributed by atoms with Crippen LogP contribution in [-0.2, 0) is 14.4 Å². The predicted octanol–water partition coefficient (Wildman–Crippen LogP) is 1.13. The molecule has 1 heterocycles. The Kier molecular flexibility index (Phi) is 9.06. The molecule has 174 valence electrons. The first-order valence-corrected chi connectivity index (χ1v) is 10.4. The van der Waals surface area contributed by atoms with Crippen molar-refractivity contribution < 1.29 is 23.9 Å². The van der Waals surface area contributed by atoms with E-state index in [4.69, 9.17) is 10.5 Å². The molecule has 0 spiro atoms. The highest BCUT2D eigenvalue weighted by Gasteiger charge is 2.42. The maximum Gasteiger partial charge on any atom is 0.319 e. The van der Waals surface area contributed by atoms with Gasteiger partial charge in [-0.1, -0.05) is 11.6 Å². The zero-order valence-electron chi connectivity index (χ0n) is 18.6. The Morgan fingerprint density at radius 3 is 2.66 bits per heavy atom. The Morgan fingerprint density at radius 2 is 2.00 bits per heavy atom. The number of anilines is 1. The third-order valence-corrected chi connectivity index (χ3v) is 4.91. The number of nitrogens with one attached hydrogen (secondary N) is 3. The van der Waals surface area contributed by atoms with Gasteiger partial charge in [0.25, 0.3) is 0 Å². The molecule has 32 heavy (non-hydrogen) atoms. The fourth-order valence-electron chi connectivity index (χ4n) is 3.46. The molecule has 5 amide bonds. The van der Waals surface area contributed by atoms with Gasteiger partial charge in [-0.2, -0.15) is 0 Å². The minimum atomic E-state index is -0.872. The average Bonchev–Trinajstić information content (AvgIpc) is 3.14. The minimum absolute atomic E-state index is 0.149. The number of nitrogens with zero attached hydrogens (tertiary/aromatic N) is 1. The summed E-state index contributed by atoms with van der Waals surface area (Å²) in [6.07, 6.45) is 2.43. The van der Waals surface area contributed by atoms with E-state index in [0.717, 1.165) is 5.57 Å². The molecule has 0 bridgehead atoms. The lowest BCUT2D eigenvalue weighted by Crippen LogP contribution is -2.55. The van der Waals surface area contributed by atoms with Crippen LogP contribution in [0.3, 0.4) is 0 Å².